The molecule has 0 atom stereocenters. The Morgan fingerprint density at radius 3 is 2.95 bits per heavy atom. The number of rotatable bonds is 4. The van der Waals surface area contributed by atoms with Gasteiger partial charge >= 0.3 is 5.97 Å². The lowest BCUT2D eigenvalue weighted by molar-refractivity contribution is 0.0695. The zero-order valence-corrected chi connectivity index (χ0v) is 12.0. The number of benzene rings is 1. The maximum absolute atomic E-state index is 11.3. The van der Waals surface area contributed by atoms with Gasteiger partial charge in [0.05, 0.1) is 5.56 Å². The molecule has 1 aromatic heterocycles. The number of carboxylic acid groups (broad SMARTS) is 1. The first-order valence-corrected chi connectivity index (χ1v) is 7.76. The van der Waals surface area contributed by atoms with E-state index in [9.17, 15) is 9.90 Å². The van der Waals surface area contributed by atoms with E-state index in [2.05, 4.69) is 28.5 Å². The van der Waals surface area contributed by atoms with E-state index in [0.29, 0.717) is 5.56 Å². The van der Waals surface area contributed by atoms with Crippen LogP contribution in [0.4, 0.5) is 5.69 Å². The number of fused-ring (bicyclic) bond motifs is 1. The van der Waals surface area contributed by atoms with E-state index in [1.165, 1.54) is 4.88 Å². The second kappa shape index (κ2) is 5.67. The molecule has 104 valence electrons. The summed E-state index contributed by atoms with van der Waals surface area (Å²) in [5.74, 6) is -0.818. The summed E-state index contributed by atoms with van der Waals surface area (Å²) in [6.07, 6.45) is 2.92. The number of aromatic carboxylic acids is 1. The summed E-state index contributed by atoms with van der Waals surface area (Å²) in [6, 6.07) is 9.85. The second-order valence-corrected chi connectivity index (χ2v) is 6.06. The molecule has 4 heteroatoms. The molecule has 0 fully saturated rings. The lowest BCUT2D eigenvalue weighted by Crippen LogP contribution is -2.32. The fourth-order valence-electron chi connectivity index (χ4n) is 2.83. The molecule has 0 bridgehead atoms. The van der Waals surface area contributed by atoms with E-state index in [4.69, 9.17) is 0 Å². The normalized spacial score (nSPS) is 14.1. The first-order valence-electron chi connectivity index (χ1n) is 6.88. The molecule has 3 rings (SSSR count). The minimum absolute atomic E-state index is 0.461. The summed E-state index contributed by atoms with van der Waals surface area (Å²) in [5, 5.41) is 11.4. The van der Waals surface area contributed by atoms with Crippen molar-refractivity contribution in [3.05, 3.63) is 51.7 Å². The Kier molecular flexibility index (Phi) is 3.74. The van der Waals surface area contributed by atoms with Gasteiger partial charge in [-0.2, -0.15) is 0 Å². The highest BCUT2D eigenvalue weighted by atomic mass is 32.1. The standard InChI is InChI=1S/C16H17NO2S/c18-16(19)14-5-1-7-15-13(14)6-2-9-17(15)10-8-12-4-3-11-20-12/h1,3-5,7,11H,2,6,8-10H2,(H,18,19). The Morgan fingerprint density at radius 2 is 2.20 bits per heavy atom. The largest absolute Gasteiger partial charge is 0.478 e. The third-order valence-electron chi connectivity index (χ3n) is 3.79. The van der Waals surface area contributed by atoms with E-state index in [1.54, 1.807) is 17.4 Å². The number of hydrogen-bond acceptors (Lipinski definition) is 3. The van der Waals surface area contributed by atoms with Gasteiger partial charge in [0.15, 0.2) is 0 Å². The van der Waals surface area contributed by atoms with Gasteiger partial charge in [-0.05, 0) is 48.4 Å². The number of nitrogens with zero attached hydrogens (tertiary/aromatic N) is 1. The molecule has 0 spiro atoms. The average molecular weight is 287 g/mol. The predicted molar refractivity (Wildman–Crippen MR) is 82.0 cm³/mol. The van der Waals surface area contributed by atoms with Gasteiger partial charge in [0, 0.05) is 23.7 Å². The summed E-state index contributed by atoms with van der Waals surface area (Å²) in [5.41, 5.74) is 2.56. The molecule has 0 saturated carbocycles. The summed E-state index contributed by atoms with van der Waals surface area (Å²) in [4.78, 5) is 15.0. The van der Waals surface area contributed by atoms with Gasteiger partial charge in [0.25, 0.3) is 0 Å². The molecule has 20 heavy (non-hydrogen) atoms. The highest BCUT2D eigenvalue weighted by Crippen LogP contribution is 2.30. The Balaban J connectivity index is 1.83. The van der Waals surface area contributed by atoms with Gasteiger partial charge in [-0.25, -0.2) is 4.79 Å². The van der Waals surface area contributed by atoms with Crippen LogP contribution >= 0.6 is 11.3 Å². The highest BCUT2D eigenvalue weighted by molar-refractivity contribution is 7.09. The lowest BCUT2D eigenvalue weighted by Gasteiger charge is -2.32. The molecular formula is C16H17NO2S. The van der Waals surface area contributed by atoms with Crippen molar-refractivity contribution in [3.63, 3.8) is 0 Å². The van der Waals surface area contributed by atoms with Gasteiger partial charge < -0.3 is 10.0 Å². The predicted octanol–water partition coefficient (Wildman–Crippen LogP) is 3.44. The van der Waals surface area contributed by atoms with Crippen LogP contribution in [0.1, 0.15) is 27.2 Å². The second-order valence-electron chi connectivity index (χ2n) is 5.03. The van der Waals surface area contributed by atoms with E-state index in [1.807, 2.05) is 6.07 Å². The number of anilines is 1. The van der Waals surface area contributed by atoms with Crippen LogP contribution in [0.2, 0.25) is 0 Å². The van der Waals surface area contributed by atoms with Crippen molar-refractivity contribution in [1.82, 2.24) is 0 Å². The third kappa shape index (κ3) is 2.56. The zero-order valence-electron chi connectivity index (χ0n) is 11.2. The zero-order chi connectivity index (χ0) is 13.9. The topological polar surface area (TPSA) is 40.5 Å². The van der Waals surface area contributed by atoms with Gasteiger partial charge in [-0.3, -0.25) is 0 Å². The Hall–Kier alpha value is -1.81. The molecule has 1 N–H and O–H groups in total. The molecule has 2 aromatic rings. The highest BCUT2D eigenvalue weighted by Gasteiger charge is 2.21. The minimum atomic E-state index is -0.818. The molecule has 0 saturated heterocycles. The molecule has 2 heterocycles. The van der Waals surface area contributed by atoms with Gasteiger partial charge in [-0.1, -0.05) is 12.1 Å². The lowest BCUT2D eigenvalue weighted by atomic mass is 9.96. The van der Waals surface area contributed by atoms with Crippen LogP contribution in [0.15, 0.2) is 35.7 Å². The van der Waals surface area contributed by atoms with Gasteiger partial charge in [0.2, 0.25) is 0 Å². The molecule has 0 amide bonds. The van der Waals surface area contributed by atoms with Crippen LogP contribution in [0.25, 0.3) is 0 Å². The Bertz CT molecular complexity index is 607. The third-order valence-corrected chi connectivity index (χ3v) is 4.72. The fraction of sp³-hybridized carbons (Fsp3) is 0.312. The van der Waals surface area contributed by atoms with Crippen molar-refractivity contribution in [2.75, 3.05) is 18.0 Å². The van der Waals surface area contributed by atoms with Crippen molar-refractivity contribution < 1.29 is 9.90 Å². The maximum Gasteiger partial charge on any atom is 0.336 e. The first kappa shape index (κ1) is 13.2. The van der Waals surface area contributed by atoms with Gasteiger partial charge in [-0.15, -0.1) is 11.3 Å². The van der Waals surface area contributed by atoms with Crippen molar-refractivity contribution >= 4 is 23.0 Å². The molecule has 1 aliphatic heterocycles. The van der Waals surface area contributed by atoms with Crippen LogP contribution in [-0.4, -0.2) is 24.2 Å². The summed E-state index contributed by atoms with van der Waals surface area (Å²) in [6.45, 7) is 1.97. The number of hydrogen-bond donors (Lipinski definition) is 1. The van der Waals surface area contributed by atoms with Crippen LogP contribution in [0, 0.1) is 0 Å². The molecule has 1 aromatic carbocycles. The van der Waals surface area contributed by atoms with E-state index in [0.717, 1.165) is 43.6 Å². The molecule has 0 unspecified atom stereocenters. The molecule has 1 aliphatic rings. The number of carboxylic acids is 1. The molecule has 0 aliphatic carbocycles. The van der Waals surface area contributed by atoms with Crippen molar-refractivity contribution in [2.45, 2.75) is 19.3 Å². The van der Waals surface area contributed by atoms with Crippen LogP contribution in [0.3, 0.4) is 0 Å². The Morgan fingerprint density at radius 1 is 1.30 bits per heavy atom. The molecule has 3 nitrogen and oxygen atoms in total. The fourth-order valence-corrected chi connectivity index (χ4v) is 3.53. The van der Waals surface area contributed by atoms with Crippen LogP contribution < -0.4 is 4.90 Å². The SMILES string of the molecule is O=C(O)c1cccc2c1CCCN2CCc1cccs1. The summed E-state index contributed by atoms with van der Waals surface area (Å²) >= 11 is 1.78. The molecule has 0 radical (unpaired) electrons. The Labute approximate surface area is 122 Å². The maximum atomic E-state index is 11.3. The van der Waals surface area contributed by atoms with Crippen molar-refractivity contribution in [2.24, 2.45) is 0 Å². The molecular weight excluding hydrogens is 270 g/mol. The smallest absolute Gasteiger partial charge is 0.336 e. The summed E-state index contributed by atoms with van der Waals surface area (Å²) in [7, 11) is 0. The monoisotopic (exact) mass is 287 g/mol. The van der Waals surface area contributed by atoms with Crippen molar-refractivity contribution in [3.8, 4) is 0 Å². The first-order chi connectivity index (χ1) is 9.75. The minimum Gasteiger partial charge on any atom is -0.478 e. The van der Waals surface area contributed by atoms with Crippen molar-refractivity contribution in [1.29, 1.82) is 0 Å². The van der Waals surface area contributed by atoms with Crippen LogP contribution in [-0.2, 0) is 12.8 Å². The number of carbonyl (C=O) groups is 1. The van der Waals surface area contributed by atoms with Crippen LogP contribution in [0.5, 0.6) is 0 Å². The number of thiophene rings is 1. The van der Waals surface area contributed by atoms with Gasteiger partial charge in [0.1, 0.15) is 0 Å². The summed E-state index contributed by atoms with van der Waals surface area (Å²) < 4.78 is 0. The van der Waals surface area contributed by atoms with E-state index in [-0.39, 0.29) is 0 Å². The van der Waals surface area contributed by atoms with E-state index < -0.39 is 5.97 Å². The van der Waals surface area contributed by atoms with E-state index >= 15 is 0 Å². The quantitative estimate of drug-likeness (QED) is 0.936. The average Bonchev–Trinajstić information content (AvgIpc) is 2.97.